The monoisotopic (exact) mass is 244 g/mol. The van der Waals surface area contributed by atoms with Crippen molar-refractivity contribution in [2.24, 2.45) is 5.92 Å². The second-order valence-corrected chi connectivity index (χ2v) is 4.60. The van der Waals surface area contributed by atoms with E-state index < -0.39 is 0 Å². The predicted octanol–water partition coefficient (Wildman–Crippen LogP) is 2.51. The van der Waals surface area contributed by atoms with E-state index in [1.165, 1.54) is 32.1 Å². The number of hydrogen-bond acceptors (Lipinski definition) is 4. The van der Waals surface area contributed by atoms with Crippen LogP contribution in [0.25, 0.3) is 0 Å². The summed E-state index contributed by atoms with van der Waals surface area (Å²) in [5, 5.41) is 0. The molecule has 0 radical (unpaired) electrons. The Kier molecular flexibility index (Phi) is 7.21. The zero-order valence-electron chi connectivity index (χ0n) is 10.9. The quantitative estimate of drug-likeness (QED) is 0.392. The van der Waals surface area contributed by atoms with Gasteiger partial charge in [0.05, 0.1) is 6.61 Å². The van der Waals surface area contributed by atoms with E-state index in [1.807, 2.05) is 6.92 Å². The molecule has 1 rings (SSSR count). The molecule has 0 saturated heterocycles. The zero-order chi connectivity index (χ0) is 12.5. The lowest BCUT2D eigenvalue weighted by atomic mass is 9.87. The fourth-order valence-electron chi connectivity index (χ4n) is 2.12. The van der Waals surface area contributed by atoms with Gasteiger partial charge in [0.1, 0.15) is 6.61 Å². The van der Waals surface area contributed by atoms with E-state index >= 15 is 0 Å². The maximum absolute atomic E-state index is 11.5. The van der Waals surface area contributed by atoms with Crippen LogP contribution < -0.4 is 0 Å². The van der Waals surface area contributed by atoms with Crippen LogP contribution in [0.2, 0.25) is 0 Å². The van der Waals surface area contributed by atoms with Gasteiger partial charge in [-0.1, -0.05) is 19.3 Å². The number of ether oxygens (including phenoxy) is 3. The largest absolute Gasteiger partial charge is 0.463 e. The van der Waals surface area contributed by atoms with Gasteiger partial charge in [-0.25, -0.2) is 0 Å². The summed E-state index contributed by atoms with van der Waals surface area (Å²) in [7, 11) is 1.58. The van der Waals surface area contributed by atoms with Gasteiger partial charge in [-0.2, -0.15) is 0 Å². The van der Waals surface area contributed by atoms with E-state index in [9.17, 15) is 4.79 Å². The Morgan fingerprint density at radius 3 is 2.59 bits per heavy atom. The van der Waals surface area contributed by atoms with Crippen molar-refractivity contribution in [3.05, 3.63) is 0 Å². The highest BCUT2D eigenvalue weighted by Crippen LogP contribution is 2.26. The highest BCUT2D eigenvalue weighted by atomic mass is 16.7. The topological polar surface area (TPSA) is 44.8 Å². The van der Waals surface area contributed by atoms with Gasteiger partial charge in [-0.3, -0.25) is 4.79 Å². The Labute approximate surface area is 104 Å². The van der Waals surface area contributed by atoms with E-state index in [2.05, 4.69) is 0 Å². The third-order valence-electron chi connectivity index (χ3n) is 3.21. The van der Waals surface area contributed by atoms with Gasteiger partial charge in [-0.15, -0.1) is 0 Å². The first-order chi connectivity index (χ1) is 8.22. The Balaban J connectivity index is 2.00. The average Bonchev–Trinajstić information content (AvgIpc) is 2.35. The Bertz CT molecular complexity index is 211. The molecule has 1 unspecified atom stereocenters. The molecule has 0 aromatic rings. The molecule has 4 heteroatoms. The van der Waals surface area contributed by atoms with Crippen molar-refractivity contribution >= 4 is 5.97 Å². The first-order valence-electron chi connectivity index (χ1n) is 6.52. The van der Waals surface area contributed by atoms with Crippen molar-refractivity contribution in [2.45, 2.75) is 51.7 Å². The van der Waals surface area contributed by atoms with Gasteiger partial charge in [-0.05, 0) is 25.7 Å². The Morgan fingerprint density at radius 1 is 1.24 bits per heavy atom. The molecule has 0 aromatic heterocycles. The van der Waals surface area contributed by atoms with Gasteiger partial charge >= 0.3 is 5.97 Å². The smallest absolute Gasteiger partial charge is 0.306 e. The van der Waals surface area contributed by atoms with Crippen LogP contribution in [0.15, 0.2) is 0 Å². The molecule has 0 bridgehead atoms. The molecule has 0 aromatic carbocycles. The lowest BCUT2D eigenvalue weighted by molar-refractivity contribution is -0.153. The van der Waals surface area contributed by atoms with Crippen molar-refractivity contribution < 1.29 is 19.0 Å². The summed E-state index contributed by atoms with van der Waals surface area (Å²) in [6.07, 6.45) is 6.50. The molecule has 0 N–H and O–H groups in total. The van der Waals surface area contributed by atoms with Crippen molar-refractivity contribution in [3.8, 4) is 0 Å². The third-order valence-corrected chi connectivity index (χ3v) is 3.21. The molecule has 1 atom stereocenters. The SMILES string of the molecule is COC(C)OCCOC(=O)CC1CCCCC1. The molecule has 1 aliphatic rings. The van der Waals surface area contributed by atoms with Crippen molar-refractivity contribution in [1.29, 1.82) is 0 Å². The second-order valence-electron chi connectivity index (χ2n) is 4.60. The van der Waals surface area contributed by atoms with Gasteiger partial charge in [0, 0.05) is 13.5 Å². The van der Waals surface area contributed by atoms with Gasteiger partial charge in [0.2, 0.25) is 0 Å². The van der Waals surface area contributed by atoms with E-state index in [-0.39, 0.29) is 12.3 Å². The molecule has 1 fully saturated rings. The fraction of sp³-hybridized carbons (Fsp3) is 0.923. The standard InChI is InChI=1S/C13H24O4/c1-11(15-2)16-8-9-17-13(14)10-12-6-4-3-5-7-12/h11-12H,3-10H2,1-2H3. The van der Waals surface area contributed by atoms with Crippen molar-refractivity contribution in [2.75, 3.05) is 20.3 Å². The van der Waals surface area contributed by atoms with Crippen LogP contribution in [0, 0.1) is 5.92 Å². The first kappa shape index (κ1) is 14.5. The fourth-order valence-corrected chi connectivity index (χ4v) is 2.12. The van der Waals surface area contributed by atoms with Gasteiger partial charge in [0.15, 0.2) is 6.29 Å². The van der Waals surface area contributed by atoms with E-state index in [0.717, 1.165) is 0 Å². The zero-order valence-corrected chi connectivity index (χ0v) is 10.9. The molecular formula is C13H24O4. The summed E-state index contributed by atoms with van der Waals surface area (Å²) in [5.74, 6) is 0.445. The van der Waals surface area contributed by atoms with Crippen LogP contribution in [0.5, 0.6) is 0 Å². The molecule has 0 amide bonds. The number of carbonyl (C=O) groups excluding carboxylic acids is 1. The number of esters is 1. The average molecular weight is 244 g/mol. The predicted molar refractivity (Wildman–Crippen MR) is 64.6 cm³/mol. The minimum atomic E-state index is -0.243. The number of carbonyl (C=O) groups is 1. The van der Waals surface area contributed by atoms with E-state index in [0.29, 0.717) is 25.6 Å². The van der Waals surface area contributed by atoms with Crippen molar-refractivity contribution in [3.63, 3.8) is 0 Å². The summed E-state index contributed by atoms with van der Waals surface area (Å²) in [5.41, 5.74) is 0. The highest BCUT2D eigenvalue weighted by Gasteiger charge is 2.17. The maximum atomic E-state index is 11.5. The molecule has 17 heavy (non-hydrogen) atoms. The number of rotatable bonds is 7. The van der Waals surface area contributed by atoms with Crippen LogP contribution in [-0.4, -0.2) is 32.6 Å². The second kappa shape index (κ2) is 8.48. The van der Waals surface area contributed by atoms with Crippen LogP contribution >= 0.6 is 0 Å². The molecule has 4 nitrogen and oxygen atoms in total. The Morgan fingerprint density at radius 2 is 1.94 bits per heavy atom. The van der Waals surface area contributed by atoms with Crippen LogP contribution in [-0.2, 0) is 19.0 Å². The van der Waals surface area contributed by atoms with Gasteiger partial charge in [0.25, 0.3) is 0 Å². The van der Waals surface area contributed by atoms with Crippen molar-refractivity contribution in [1.82, 2.24) is 0 Å². The normalized spacial score (nSPS) is 18.9. The minimum Gasteiger partial charge on any atom is -0.463 e. The minimum absolute atomic E-state index is 0.0921. The molecule has 0 heterocycles. The van der Waals surface area contributed by atoms with Gasteiger partial charge < -0.3 is 14.2 Å². The molecule has 1 aliphatic carbocycles. The lowest BCUT2D eigenvalue weighted by Crippen LogP contribution is -2.18. The van der Waals surface area contributed by atoms with Crippen LogP contribution in [0.1, 0.15) is 45.4 Å². The first-order valence-corrected chi connectivity index (χ1v) is 6.52. The molecule has 100 valence electrons. The molecular weight excluding hydrogens is 220 g/mol. The van der Waals surface area contributed by atoms with Crippen LogP contribution in [0.4, 0.5) is 0 Å². The third kappa shape index (κ3) is 6.64. The Hall–Kier alpha value is -0.610. The summed E-state index contributed by atoms with van der Waals surface area (Å²) < 4.78 is 15.3. The summed E-state index contributed by atoms with van der Waals surface area (Å²) >= 11 is 0. The summed E-state index contributed by atoms with van der Waals surface area (Å²) in [6, 6.07) is 0. The molecule has 0 spiro atoms. The number of hydrogen-bond donors (Lipinski definition) is 0. The highest BCUT2D eigenvalue weighted by molar-refractivity contribution is 5.69. The maximum Gasteiger partial charge on any atom is 0.306 e. The summed E-state index contributed by atoms with van der Waals surface area (Å²) in [4.78, 5) is 11.5. The lowest BCUT2D eigenvalue weighted by Gasteiger charge is -2.20. The number of methoxy groups -OCH3 is 1. The van der Waals surface area contributed by atoms with E-state index in [4.69, 9.17) is 14.2 Å². The van der Waals surface area contributed by atoms with E-state index in [1.54, 1.807) is 7.11 Å². The molecule has 0 aliphatic heterocycles. The molecule has 1 saturated carbocycles. The van der Waals surface area contributed by atoms with Crippen LogP contribution in [0.3, 0.4) is 0 Å². The summed E-state index contributed by atoms with van der Waals surface area (Å²) in [6.45, 7) is 2.52.